The fourth-order valence-corrected chi connectivity index (χ4v) is 6.89. The molecule has 0 fully saturated rings. The van der Waals surface area contributed by atoms with Gasteiger partial charge in [-0.1, -0.05) is 30.4 Å². The standard InChI is InChI=1S/C25H29N5O3S3/c1-5-11-34-23-27-22-20(17-12-25(3,4)33-13-18(17)36-22)21-28-29-24(30(21)23)35-14-19(31)26-15-7-9-16(10-8-15)32-6-2/h7-10H,5-6,11-14H2,1-4H3,(H,26,31). The molecule has 0 aliphatic carbocycles. The summed E-state index contributed by atoms with van der Waals surface area (Å²) in [5.41, 5.74) is 2.56. The monoisotopic (exact) mass is 543 g/mol. The quantitative estimate of drug-likeness (QED) is 0.209. The molecule has 1 amide bonds. The largest absolute Gasteiger partial charge is 0.494 e. The Balaban J connectivity index is 1.42. The van der Waals surface area contributed by atoms with E-state index in [2.05, 4.69) is 36.3 Å². The van der Waals surface area contributed by atoms with E-state index in [1.807, 2.05) is 35.6 Å². The molecular weight excluding hydrogens is 515 g/mol. The van der Waals surface area contributed by atoms with E-state index in [9.17, 15) is 4.79 Å². The van der Waals surface area contributed by atoms with Gasteiger partial charge in [-0.05, 0) is 57.0 Å². The molecule has 190 valence electrons. The van der Waals surface area contributed by atoms with Gasteiger partial charge < -0.3 is 14.8 Å². The number of nitrogens with one attached hydrogen (secondary N) is 1. The fraction of sp³-hybridized carbons (Fsp3) is 0.440. The van der Waals surface area contributed by atoms with E-state index in [-0.39, 0.29) is 17.3 Å². The minimum atomic E-state index is -0.232. The third-order valence-corrected chi connectivity index (χ3v) is 8.90. The van der Waals surface area contributed by atoms with Gasteiger partial charge in [-0.3, -0.25) is 4.79 Å². The average molecular weight is 544 g/mol. The Bertz CT molecular complexity index is 1400. The van der Waals surface area contributed by atoms with Crippen LogP contribution >= 0.6 is 34.9 Å². The molecule has 0 radical (unpaired) electrons. The predicted molar refractivity (Wildman–Crippen MR) is 147 cm³/mol. The molecular formula is C25H29N5O3S3. The highest BCUT2D eigenvalue weighted by Gasteiger charge is 2.31. The molecule has 0 saturated heterocycles. The summed E-state index contributed by atoms with van der Waals surface area (Å²) in [6, 6.07) is 7.37. The molecule has 0 atom stereocenters. The Morgan fingerprint density at radius 2 is 2.00 bits per heavy atom. The van der Waals surface area contributed by atoms with Crippen molar-refractivity contribution in [1.29, 1.82) is 0 Å². The summed E-state index contributed by atoms with van der Waals surface area (Å²) in [6.07, 6.45) is 1.84. The number of carbonyl (C=O) groups is 1. The minimum absolute atomic E-state index is 0.107. The number of thiophene rings is 1. The van der Waals surface area contributed by atoms with E-state index in [0.29, 0.717) is 18.4 Å². The second-order valence-electron chi connectivity index (χ2n) is 9.09. The van der Waals surface area contributed by atoms with E-state index in [4.69, 9.17) is 14.5 Å². The van der Waals surface area contributed by atoms with Gasteiger partial charge in [0.15, 0.2) is 16.0 Å². The number of aromatic nitrogens is 4. The third kappa shape index (κ3) is 5.20. The molecule has 4 aromatic rings. The summed E-state index contributed by atoms with van der Waals surface area (Å²) >= 11 is 4.75. The summed E-state index contributed by atoms with van der Waals surface area (Å²) < 4.78 is 13.5. The van der Waals surface area contributed by atoms with Gasteiger partial charge in [0.25, 0.3) is 0 Å². The fourth-order valence-electron chi connectivity index (χ4n) is 4.10. The summed E-state index contributed by atoms with van der Waals surface area (Å²) in [4.78, 5) is 19.9. The lowest BCUT2D eigenvalue weighted by atomic mass is 9.94. The van der Waals surface area contributed by atoms with Crippen LogP contribution in [0.2, 0.25) is 0 Å². The number of benzene rings is 1. The maximum absolute atomic E-state index is 12.7. The second-order valence-corrected chi connectivity index (χ2v) is 12.2. The van der Waals surface area contributed by atoms with Gasteiger partial charge in [0.2, 0.25) is 5.91 Å². The highest BCUT2D eigenvalue weighted by Crippen LogP contribution is 2.41. The molecule has 1 aliphatic rings. The number of amides is 1. The predicted octanol–water partition coefficient (Wildman–Crippen LogP) is 5.82. The summed E-state index contributed by atoms with van der Waals surface area (Å²) in [5, 5.41) is 14.6. The summed E-state index contributed by atoms with van der Waals surface area (Å²) in [6.45, 7) is 9.52. The zero-order valence-corrected chi connectivity index (χ0v) is 23.2. The van der Waals surface area contributed by atoms with Crippen LogP contribution in [0.15, 0.2) is 34.6 Å². The molecule has 0 spiro atoms. The molecule has 36 heavy (non-hydrogen) atoms. The summed E-state index contributed by atoms with van der Waals surface area (Å²) in [7, 11) is 0. The topological polar surface area (TPSA) is 90.6 Å². The first-order valence-electron chi connectivity index (χ1n) is 12.0. The molecule has 5 rings (SSSR count). The SMILES string of the molecule is CCCSc1nc2sc3c(c2c2nnc(SCC(=O)Nc4ccc(OCC)cc4)n12)CC(C)(C)OC3. The number of rotatable bonds is 9. The Morgan fingerprint density at radius 1 is 1.19 bits per heavy atom. The van der Waals surface area contributed by atoms with Crippen molar-refractivity contribution >= 4 is 62.3 Å². The molecule has 0 unspecified atom stereocenters. The Hall–Kier alpha value is -2.34. The lowest BCUT2D eigenvalue weighted by molar-refractivity contribution is -0.113. The molecule has 0 bridgehead atoms. The first kappa shape index (κ1) is 25.3. The smallest absolute Gasteiger partial charge is 0.234 e. The van der Waals surface area contributed by atoms with Crippen molar-refractivity contribution < 1.29 is 14.3 Å². The normalized spacial score (nSPS) is 14.8. The van der Waals surface area contributed by atoms with Gasteiger partial charge in [0.05, 0.1) is 30.0 Å². The molecule has 3 aromatic heterocycles. The van der Waals surface area contributed by atoms with Gasteiger partial charge in [0.1, 0.15) is 10.6 Å². The Kier molecular flexibility index (Phi) is 7.43. The number of thioether (sulfide) groups is 2. The van der Waals surface area contributed by atoms with Crippen LogP contribution in [-0.4, -0.2) is 49.2 Å². The molecule has 8 nitrogen and oxygen atoms in total. The average Bonchev–Trinajstić information content (AvgIpc) is 3.43. The van der Waals surface area contributed by atoms with Crippen LogP contribution in [0.5, 0.6) is 5.75 Å². The Morgan fingerprint density at radius 3 is 2.75 bits per heavy atom. The molecule has 4 heterocycles. The van der Waals surface area contributed by atoms with Crippen LogP contribution in [0.25, 0.3) is 15.9 Å². The van der Waals surface area contributed by atoms with Crippen molar-refractivity contribution in [2.75, 3.05) is 23.4 Å². The van der Waals surface area contributed by atoms with E-state index >= 15 is 0 Å². The molecule has 11 heteroatoms. The van der Waals surface area contributed by atoms with Crippen molar-refractivity contribution in [3.8, 4) is 5.75 Å². The second kappa shape index (κ2) is 10.6. The first-order valence-corrected chi connectivity index (χ1v) is 14.8. The Labute approximate surface area is 222 Å². The number of hydrogen-bond donors (Lipinski definition) is 1. The van der Waals surface area contributed by atoms with Crippen LogP contribution < -0.4 is 10.1 Å². The van der Waals surface area contributed by atoms with Crippen molar-refractivity contribution in [1.82, 2.24) is 19.6 Å². The van der Waals surface area contributed by atoms with Gasteiger partial charge in [0, 0.05) is 22.7 Å². The molecule has 1 aromatic carbocycles. The van der Waals surface area contributed by atoms with Crippen molar-refractivity contribution in [3.63, 3.8) is 0 Å². The highest BCUT2D eigenvalue weighted by molar-refractivity contribution is 8.00. The van der Waals surface area contributed by atoms with Crippen LogP contribution in [-0.2, 0) is 22.6 Å². The van der Waals surface area contributed by atoms with Gasteiger partial charge >= 0.3 is 0 Å². The minimum Gasteiger partial charge on any atom is -0.494 e. The molecule has 1 aliphatic heterocycles. The summed E-state index contributed by atoms with van der Waals surface area (Å²) in [5.74, 6) is 1.83. The third-order valence-electron chi connectivity index (χ3n) is 5.73. The number of ether oxygens (including phenoxy) is 2. The van der Waals surface area contributed by atoms with Gasteiger partial charge in [-0.15, -0.1) is 21.5 Å². The number of carbonyl (C=O) groups excluding carboxylic acids is 1. The lowest BCUT2D eigenvalue weighted by Gasteiger charge is -2.30. The maximum Gasteiger partial charge on any atom is 0.234 e. The van der Waals surface area contributed by atoms with Crippen molar-refractivity contribution in [2.24, 2.45) is 0 Å². The van der Waals surface area contributed by atoms with Crippen LogP contribution in [0, 0.1) is 0 Å². The number of fused-ring (bicyclic) bond motifs is 5. The highest BCUT2D eigenvalue weighted by atomic mass is 32.2. The van der Waals surface area contributed by atoms with E-state index in [1.165, 1.54) is 22.2 Å². The first-order chi connectivity index (χ1) is 17.4. The number of hydrogen-bond acceptors (Lipinski definition) is 9. The van der Waals surface area contributed by atoms with Gasteiger partial charge in [-0.25, -0.2) is 9.38 Å². The number of anilines is 1. The van der Waals surface area contributed by atoms with E-state index in [0.717, 1.165) is 51.1 Å². The van der Waals surface area contributed by atoms with Gasteiger partial charge in [-0.2, -0.15) is 0 Å². The zero-order valence-electron chi connectivity index (χ0n) is 20.8. The van der Waals surface area contributed by atoms with E-state index in [1.54, 1.807) is 23.1 Å². The lowest BCUT2D eigenvalue weighted by Crippen LogP contribution is -2.31. The maximum atomic E-state index is 12.7. The van der Waals surface area contributed by atoms with Crippen LogP contribution in [0.4, 0.5) is 5.69 Å². The molecule has 1 N–H and O–H groups in total. The van der Waals surface area contributed by atoms with E-state index < -0.39 is 0 Å². The number of nitrogens with zero attached hydrogens (tertiary/aromatic N) is 4. The van der Waals surface area contributed by atoms with Crippen LogP contribution in [0.3, 0.4) is 0 Å². The van der Waals surface area contributed by atoms with Crippen molar-refractivity contribution in [3.05, 3.63) is 34.7 Å². The molecule has 0 saturated carbocycles. The van der Waals surface area contributed by atoms with Crippen molar-refractivity contribution in [2.45, 2.75) is 63.1 Å². The van der Waals surface area contributed by atoms with Crippen LogP contribution in [0.1, 0.15) is 44.6 Å². The zero-order chi connectivity index (χ0) is 25.3.